The third-order valence-corrected chi connectivity index (χ3v) is 5.63. The largest absolute Gasteiger partial charge is 0.493 e. The summed E-state index contributed by atoms with van der Waals surface area (Å²) in [4.78, 5) is 14.2. The molecular formula is C18H21NO3. The van der Waals surface area contributed by atoms with Gasteiger partial charge < -0.3 is 14.4 Å². The lowest BCUT2D eigenvalue weighted by molar-refractivity contribution is -0.138. The van der Waals surface area contributed by atoms with Crippen LogP contribution in [0, 0.1) is 5.92 Å². The van der Waals surface area contributed by atoms with Gasteiger partial charge in [0, 0.05) is 31.6 Å². The molecule has 116 valence electrons. The lowest BCUT2D eigenvalue weighted by Crippen LogP contribution is -2.65. The minimum absolute atomic E-state index is 0.0177. The summed E-state index contributed by atoms with van der Waals surface area (Å²) >= 11 is 0. The molecule has 0 aromatic heterocycles. The van der Waals surface area contributed by atoms with Gasteiger partial charge in [0.25, 0.3) is 0 Å². The summed E-state index contributed by atoms with van der Waals surface area (Å²) in [5, 5.41) is 0. The van der Waals surface area contributed by atoms with Gasteiger partial charge >= 0.3 is 0 Å². The first-order valence-electron chi connectivity index (χ1n) is 11.5. The van der Waals surface area contributed by atoms with E-state index in [9.17, 15) is 6.17 Å². The summed E-state index contributed by atoms with van der Waals surface area (Å²) in [6.07, 6.45) is -3.78. The van der Waals surface area contributed by atoms with Gasteiger partial charge in [-0.1, -0.05) is 6.04 Å². The molecule has 1 aromatic rings. The Morgan fingerprint density at radius 1 is 1.64 bits per heavy atom. The predicted octanol–water partition coefficient (Wildman–Crippen LogP) is 1.93. The van der Waals surface area contributed by atoms with Crippen LogP contribution >= 0.6 is 0 Å². The van der Waals surface area contributed by atoms with Crippen molar-refractivity contribution >= 4 is 5.78 Å². The minimum Gasteiger partial charge on any atom is -0.493 e. The second-order valence-corrected chi connectivity index (χ2v) is 6.37. The molecule has 1 saturated carbocycles. The quantitative estimate of drug-likeness (QED) is 0.795. The Morgan fingerprint density at radius 2 is 2.55 bits per heavy atom. The number of ether oxygens (including phenoxy) is 2. The summed E-state index contributed by atoms with van der Waals surface area (Å²) < 4.78 is 78.0. The van der Waals surface area contributed by atoms with Crippen molar-refractivity contribution in [1.82, 2.24) is 4.90 Å². The monoisotopic (exact) mass is 307 g/mol. The highest BCUT2D eigenvalue weighted by atomic mass is 16.5. The maximum atomic E-state index is 13.1. The Hall–Kier alpha value is -1.55. The van der Waals surface area contributed by atoms with Crippen LogP contribution in [-0.4, -0.2) is 43.4 Å². The molecule has 1 spiro atoms. The molecule has 2 aliphatic carbocycles. The van der Waals surface area contributed by atoms with Gasteiger partial charge in [-0.05, 0) is 50.3 Å². The van der Waals surface area contributed by atoms with Crippen LogP contribution in [0.15, 0.2) is 12.1 Å². The number of hydrogen-bond donors (Lipinski definition) is 0. The van der Waals surface area contributed by atoms with Crippen LogP contribution in [0.2, 0.25) is 0 Å². The standard InChI is InChI=1S/C18H21NO3/c1-19-8-7-18-11-4-5-13(20)17(18)22-16-14(21-2)6-3-10(15(16)18)9-12(11)19/h3,6,11-12,17H,4-5,7-9H2,1-2H3/t11-,12+,17?,18-/m0/s1/i1D3,3D,5D2,6D,12D. The molecule has 1 aromatic carbocycles. The molecule has 1 saturated heterocycles. The summed E-state index contributed by atoms with van der Waals surface area (Å²) in [5.74, 6) is -1.39. The third kappa shape index (κ3) is 1.27. The van der Waals surface area contributed by atoms with E-state index in [-0.39, 0.29) is 49.4 Å². The molecule has 2 aliphatic heterocycles. The van der Waals surface area contributed by atoms with E-state index in [1.165, 1.54) is 7.11 Å². The van der Waals surface area contributed by atoms with E-state index in [2.05, 4.69) is 0 Å². The molecule has 5 rings (SSSR count). The Morgan fingerprint density at radius 3 is 3.36 bits per heavy atom. The van der Waals surface area contributed by atoms with Gasteiger partial charge in [-0.2, -0.15) is 0 Å². The van der Waals surface area contributed by atoms with Crippen LogP contribution in [0.4, 0.5) is 0 Å². The van der Waals surface area contributed by atoms with Crippen LogP contribution in [0.5, 0.6) is 11.5 Å². The molecule has 22 heavy (non-hydrogen) atoms. The Bertz CT molecular complexity index is 995. The van der Waals surface area contributed by atoms with Crippen LogP contribution < -0.4 is 9.47 Å². The maximum absolute atomic E-state index is 13.1. The van der Waals surface area contributed by atoms with Crippen molar-refractivity contribution < 1.29 is 25.2 Å². The molecule has 4 heteroatoms. The lowest BCUT2D eigenvalue weighted by atomic mass is 9.52. The number of benzene rings is 1. The topological polar surface area (TPSA) is 38.8 Å². The molecule has 2 heterocycles. The minimum atomic E-state index is -2.59. The number of likely N-dealkylation sites (N-methyl/N-ethyl adjacent to an activating group) is 1. The Labute approximate surface area is 141 Å². The zero-order valence-electron chi connectivity index (χ0n) is 20.2. The van der Waals surface area contributed by atoms with E-state index in [1.54, 1.807) is 0 Å². The van der Waals surface area contributed by atoms with Crippen molar-refractivity contribution in [1.29, 1.82) is 0 Å². The average Bonchev–Trinajstić information content (AvgIpc) is 2.95. The van der Waals surface area contributed by atoms with E-state index >= 15 is 0 Å². The maximum Gasteiger partial charge on any atom is 0.174 e. The molecule has 0 radical (unpaired) electrons. The number of methoxy groups -OCH3 is 1. The molecule has 4 atom stereocenters. The number of hydrogen-bond acceptors (Lipinski definition) is 4. The molecule has 0 N–H and O–H groups in total. The van der Waals surface area contributed by atoms with Gasteiger partial charge in [-0.15, -0.1) is 0 Å². The zero-order chi connectivity index (χ0) is 22.0. The number of carbonyl (C=O) groups is 1. The highest BCUT2D eigenvalue weighted by Gasteiger charge is 2.65. The first kappa shape index (κ1) is 7.35. The number of Topliss-reactive ketones (excluding diaryl/α,β-unsaturated/α-hetero) is 1. The van der Waals surface area contributed by atoms with E-state index < -0.39 is 42.6 Å². The second-order valence-electron chi connectivity index (χ2n) is 6.37. The van der Waals surface area contributed by atoms with Gasteiger partial charge in [0.2, 0.25) is 0 Å². The lowest BCUT2D eigenvalue weighted by Gasteiger charge is -2.57. The number of nitrogens with zero attached hydrogens (tertiary/aromatic N) is 1. The van der Waals surface area contributed by atoms with Crippen LogP contribution in [0.3, 0.4) is 0 Å². The van der Waals surface area contributed by atoms with Crippen LogP contribution in [0.1, 0.15) is 41.3 Å². The van der Waals surface area contributed by atoms with Crippen molar-refractivity contribution in [2.24, 2.45) is 5.92 Å². The highest BCUT2D eigenvalue weighted by Crippen LogP contribution is 2.62. The van der Waals surface area contributed by atoms with Crippen molar-refractivity contribution in [2.45, 2.75) is 43.2 Å². The van der Waals surface area contributed by atoms with E-state index in [0.717, 1.165) is 4.90 Å². The summed E-state index contributed by atoms with van der Waals surface area (Å²) in [7, 11) is 1.34. The molecule has 0 amide bonds. The fraction of sp³-hybridized carbons (Fsp3) is 0.611. The van der Waals surface area contributed by atoms with Gasteiger partial charge in [-0.3, -0.25) is 4.79 Å². The molecule has 1 unspecified atom stereocenters. The van der Waals surface area contributed by atoms with Gasteiger partial charge in [0.15, 0.2) is 23.4 Å². The fourth-order valence-corrected chi connectivity index (χ4v) is 4.73. The van der Waals surface area contributed by atoms with E-state index in [1.807, 2.05) is 0 Å². The molecule has 4 aliphatic rings. The van der Waals surface area contributed by atoms with Crippen molar-refractivity contribution in [3.63, 3.8) is 0 Å². The number of rotatable bonds is 1. The number of carbonyl (C=O) groups excluding carboxylic acids is 1. The molecule has 2 fully saturated rings. The van der Waals surface area contributed by atoms with Gasteiger partial charge in [0.1, 0.15) is 0 Å². The van der Waals surface area contributed by atoms with Gasteiger partial charge in [-0.25, -0.2) is 0 Å². The molecular weight excluding hydrogens is 278 g/mol. The van der Waals surface area contributed by atoms with Gasteiger partial charge in [0.05, 0.1) is 9.85 Å². The molecule has 2 bridgehead atoms. The second kappa shape index (κ2) is 4.05. The SMILES string of the molecule is [2H]c1c([2H])c(OC)c2c3c1C[C@]1([2H])[C@@H]4CC([2H])([2H])C(=O)C(O2)[C@]34CCN1C([2H])([2H])[2H]. The van der Waals surface area contributed by atoms with Crippen molar-refractivity contribution in [3.8, 4) is 11.5 Å². The van der Waals surface area contributed by atoms with Crippen molar-refractivity contribution in [3.05, 3.63) is 23.2 Å². The first-order chi connectivity index (χ1) is 13.8. The van der Waals surface area contributed by atoms with E-state index in [0.29, 0.717) is 11.1 Å². The first-order valence-corrected chi connectivity index (χ1v) is 7.50. The predicted molar refractivity (Wildman–Crippen MR) is 81.6 cm³/mol. The number of likely N-dealkylation sites (tertiary alicyclic amines) is 1. The smallest absolute Gasteiger partial charge is 0.174 e. The summed E-state index contributed by atoms with van der Waals surface area (Å²) in [6, 6.07) is -2.18. The number of piperidine rings is 1. The number of ketones is 1. The van der Waals surface area contributed by atoms with E-state index in [4.69, 9.17) is 19.1 Å². The summed E-state index contributed by atoms with van der Waals surface area (Å²) in [6.45, 7) is -2.57. The van der Waals surface area contributed by atoms with Crippen LogP contribution in [-0.2, 0) is 16.6 Å². The third-order valence-electron chi connectivity index (χ3n) is 5.63. The summed E-state index contributed by atoms with van der Waals surface area (Å²) in [5.41, 5.74) is -0.243. The molecule has 4 nitrogen and oxygen atoms in total. The average molecular weight is 307 g/mol. The zero-order valence-corrected chi connectivity index (χ0v) is 12.2. The highest BCUT2D eigenvalue weighted by molar-refractivity contribution is 5.89. The van der Waals surface area contributed by atoms with Crippen LogP contribution in [0.25, 0.3) is 0 Å². The normalized spacial score (nSPS) is 50.0. The Balaban J connectivity index is 1.87. The fourth-order valence-electron chi connectivity index (χ4n) is 4.73. The Kier molecular flexibility index (Phi) is 1.35. The van der Waals surface area contributed by atoms with Crippen molar-refractivity contribution in [2.75, 3.05) is 20.6 Å².